The lowest BCUT2D eigenvalue weighted by atomic mass is 9.97. The lowest BCUT2D eigenvalue weighted by Crippen LogP contribution is -2.66. The molecule has 2 rings (SSSR count). The van der Waals surface area contributed by atoms with Crippen molar-refractivity contribution < 1.29 is 13.2 Å². The highest BCUT2D eigenvalue weighted by atomic mass is 32.2. The van der Waals surface area contributed by atoms with Gasteiger partial charge in [-0.05, 0) is 31.2 Å². The molecule has 0 bridgehead atoms. The van der Waals surface area contributed by atoms with E-state index in [2.05, 4.69) is 0 Å². The molecule has 17 heavy (non-hydrogen) atoms. The first kappa shape index (κ1) is 12.3. The maximum atomic E-state index is 12.1. The molecule has 0 aromatic heterocycles. The van der Waals surface area contributed by atoms with Gasteiger partial charge in [0.25, 0.3) is 0 Å². The predicted octanol–water partition coefficient (Wildman–Crippen LogP) is 0.417. The Morgan fingerprint density at radius 2 is 1.82 bits per heavy atom. The first-order valence-corrected chi connectivity index (χ1v) is 6.72. The fourth-order valence-electron chi connectivity index (χ4n) is 1.83. The molecule has 0 aliphatic carbocycles. The van der Waals surface area contributed by atoms with Crippen molar-refractivity contribution in [3.8, 4) is 5.75 Å². The molecule has 1 aromatic rings. The Hall–Kier alpha value is -1.11. The van der Waals surface area contributed by atoms with Gasteiger partial charge in [0.05, 0.1) is 12.0 Å². The van der Waals surface area contributed by atoms with Gasteiger partial charge in [-0.1, -0.05) is 0 Å². The van der Waals surface area contributed by atoms with E-state index in [0.717, 1.165) is 0 Å². The van der Waals surface area contributed by atoms with Gasteiger partial charge in [0.2, 0.25) is 10.0 Å². The number of nitrogens with two attached hydrogens (primary N) is 1. The van der Waals surface area contributed by atoms with E-state index >= 15 is 0 Å². The first-order valence-electron chi connectivity index (χ1n) is 5.28. The van der Waals surface area contributed by atoms with Crippen LogP contribution >= 0.6 is 0 Å². The van der Waals surface area contributed by atoms with E-state index in [9.17, 15) is 8.42 Å². The van der Waals surface area contributed by atoms with Crippen LogP contribution in [0.2, 0.25) is 0 Å². The maximum Gasteiger partial charge on any atom is 0.243 e. The number of hydrogen-bond donors (Lipinski definition) is 1. The summed E-state index contributed by atoms with van der Waals surface area (Å²) in [4.78, 5) is 0.272. The third kappa shape index (κ3) is 2.29. The van der Waals surface area contributed by atoms with Crippen molar-refractivity contribution in [1.82, 2.24) is 4.31 Å². The van der Waals surface area contributed by atoms with E-state index in [-0.39, 0.29) is 4.90 Å². The molecule has 0 atom stereocenters. The average molecular weight is 256 g/mol. The molecule has 1 aliphatic rings. The lowest BCUT2D eigenvalue weighted by Gasteiger charge is -2.44. The van der Waals surface area contributed by atoms with E-state index in [1.165, 1.54) is 4.31 Å². The predicted molar refractivity (Wildman–Crippen MR) is 64.3 cm³/mol. The average Bonchev–Trinajstić information content (AvgIpc) is 2.26. The summed E-state index contributed by atoms with van der Waals surface area (Å²) in [5.41, 5.74) is 5.40. The smallest absolute Gasteiger partial charge is 0.243 e. The number of ether oxygens (including phenoxy) is 1. The van der Waals surface area contributed by atoms with Gasteiger partial charge in [-0.3, -0.25) is 0 Å². The maximum absolute atomic E-state index is 12.1. The van der Waals surface area contributed by atoms with Crippen LogP contribution in [0.4, 0.5) is 0 Å². The molecule has 6 heteroatoms. The van der Waals surface area contributed by atoms with Crippen LogP contribution in [-0.4, -0.2) is 38.5 Å². The zero-order valence-electron chi connectivity index (χ0n) is 9.88. The minimum Gasteiger partial charge on any atom is -0.497 e. The first-order chi connectivity index (χ1) is 7.85. The van der Waals surface area contributed by atoms with Crippen molar-refractivity contribution in [2.45, 2.75) is 17.4 Å². The van der Waals surface area contributed by atoms with E-state index in [1.807, 2.05) is 6.92 Å². The summed E-state index contributed by atoms with van der Waals surface area (Å²) in [5, 5.41) is 0. The minimum absolute atomic E-state index is 0.272. The van der Waals surface area contributed by atoms with Crippen molar-refractivity contribution >= 4 is 10.0 Å². The Bertz CT molecular complexity index is 500. The van der Waals surface area contributed by atoms with Gasteiger partial charge in [0.1, 0.15) is 5.75 Å². The highest BCUT2D eigenvalue weighted by molar-refractivity contribution is 7.89. The van der Waals surface area contributed by atoms with E-state index in [1.54, 1.807) is 31.4 Å². The molecule has 1 aliphatic heterocycles. The van der Waals surface area contributed by atoms with Crippen LogP contribution in [0.3, 0.4) is 0 Å². The largest absolute Gasteiger partial charge is 0.497 e. The van der Waals surface area contributed by atoms with Gasteiger partial charge in [-0.2, -0.15) is 4.31 Å². The number of hydrogen-bond acceptors (Lipinski definition) is 4. The topological polar surface area (TPSA) is 72.6 Å². The quantitative estimate of drug-likeness (QED) is 0.850. The summed E-state index contributed by atoms with van der Waals surface area (Å²) >= 11 is 0. The second-order valence-corrected chi connectivity index (χ2v) is 6.54. The SMILES string of the molecule is COc1ccc(S(=O)(=O)N2CC(C)(N)C2)cc1. The Morgan fingerprint density at radius 1 is 1.29 bits per heavy atom. The summed E-state index contributed by atoms with van der Waals surface area (Å²) in [6, 6.07) is 6.35. The molecule has 0 spiro atoms. The van der Waals surface area contributed by atoms with Crippen molar-refractivity contribution in [3.05, 3.63) is 24.3 Å². The van der Waals surface area contributed by atoms with E-state index < -0.39 is 15.6 Å². The molecular weight excluding hydrogens is 240 g/mol. The number of rotatable bonds is 3. The van der Waals surface area contributed by atoms with Gasteiger partial charge in [-0.15, -0.1) is 0 Å². The van der Waals surface area contributed by atoms with Crippen molar-refractivity contribution in [3.63, 3.8) is 0 Å². The van der Waals surface area contributed by atoms with Crippen molar-refractivity contribution in [1.29, 1.82) is 0 Å². The van der Waals surface area contributed by atoms with Gasteiger partial charge in [0, 0.05) is 18.6 Å². The summed E-state index contributed by atoms with van der Waals surface area (Å²) in [5.74, 6) is 0.635. The fourth-order valence-corrected chi connectivity index (χ4v) is 3.53. The Morgan fingerprint density at radius 3 is 2.24 bits per heavy atom. The zero-order chi connectivity index (χ0) is 12.7. The van der Waals surface area contributed by atoms with Crippen LogP contribution in [0, 0.1) is 0 Å². The zero-order valence-corrected chi connectivity index (χ0v) is 10.7. The number of methoxy groups -OCH3 is 1. The summed E-state index contributed by atoms with van der Waals surface area (Å²) in [6.45, 7) is 2.57. The van der Waals surface area contributed by atoms with Gasteiger partial charge < -0.3 is 10.5 Å². The van der Waals surface area contributed by atoms with Crippen molar-refractivity contribution in [2.24, 2.45) is 5.73 Å². The highest BCUT2D eigenvalue weighted by Crippen LogP contribution is 2.26. The molecule has 1 heterocycles. The molecule has 0 unspecified atom stereocenters. The van der Waals surface area contributed by atoms with Crippen LogP contribution < -0.4 is 10.5 Å². The molecule has 0 saturated carbocycles. The summed E-state index contributed by atoms with van der Waals surface area (Å²) in [6.07, 6.45) is 0. The molecule has 5 nitrogen and oxygen atoms in total. The third-order valence-electron chi connectivity index (χ3n) is 2.77. The Labute approximate surface area is 101 Å². The fraction of sp³-hybridized carbons (Fsp3) is 0.455. The molecular formula is C11H16N2O3S. The second-order valence-electron chi connectivity index (χ2n) is 4.60. The van der Waals surface area contributed by atoms with Crippen LogP contribution in [0.1, 0.15) is 6.92 Å². The van der Waals surface area contributed by atoms with E-state index in [0.29, 0.717) is 18.8 Å². The minimum atomic E-state index is -3.40. The van der Waals surface area contributed by atoms with E-state index in [4.69, 9.17) is 10.5 Å². The number of nitrogens with zero attached hydrogens (tertiary/aromatic N) is 1. The standard InChI is InChI=1S/C11H16N2O3S/c1-11(12)7-13(8-11)17(14,15)10-5-3-9(16-2)4-6-10/h3-6H,7-8,12H2,1-2H3. The molecule has 0 amide bonds. The normalized spacial score (nSPS) is 19.7. The summed E-state index contributed by atoms with van der Waals surface area (Å²) in [7, 11) is -1.86. The molecule has 1 aromatic carbocycles. The van der Waals surface area contributed by atoms with Crippen LogP contribution in [-0.2, 0) is 10.0 Å². The Balaban J connectivity index is 2.21. The van der Waals surface area contributed by atoms with Gasteiger partial charge >= 0.3 is 0 Å². The summed E-state index contributed by atoms with van der Waals surface area (Å²) < 4.78 is 30.6. The van der Waals surface area contributed by atoms with Crippen LogP contribution in [0.15, 0.2) is 29.2 Å². The lowest BCUT2D eigenvalue weighted by molar-refractivity contribution is 0.176. The highest BCUT2D eigenvalue weighted by Gasteiger charge is 2.42. The molecule has 0 radical (unpaired) electrons. The number of benzene rings is 1. The van der Waals surface area contributed by atoms with Crippen LogP contribution in [0.25, 0.3) is 0 Å². The number of sulfonamides is 1. The Kier molecular flexibility index (Phi) is 2.89. The van der Waals surface area contributed by atoms with Crippen molar-refractivity contribution in [2.75, 3.05) is 20.2 Å². The molecule has 1 fully saturated rings. The third-order valence-corrected chi connectivity index (χ3v) is 4.58. The van der Waals surface area contributed by atoms with Gasteiger partial charge in [0.15, 0.2) is 0 Å². The molecule has 1 saturated heterocycles. The molecule has 94 valence electrons. The van der Waals surface area contributed by atoms with Crippen LogP contribution in [0.5, 0.6) is 5.75 Å². The monoisotopic (exact) mass is 256 g/mol. The second kappa shape index (κ2) is 3.97. The van der Waals surface area contributed by atoms with Gasteiger partial charge in [-0.25, -0.2) is 8.42 Å². The molecule has 2 N–H and O–H groups in total.